The predicted octanol–water partition coefficient (Wildman–Crippen LogP) is 2.71. The number of hydrogen-bond donors (Lipinski definition) is 2. The van der Waals surface area contributed by atoms with Gasteiger partial charge in [0.25, 0.3) is 0 Å². The van der Waals surface area contributed by atoms with E-state index in [1.807, 2.05) is 12.1 Å². The molecule has 0 bridgehead atoms. The molecule has 0 saturated heterocycles. The Hall–Kier alpha value is -1.02. The summed E-state index contributed by atoms with van der Waals surface area (Å²) in [6.45, 7) is 4.55. The van der Waals surface area contributed by atoms with Crippen molar-refractivity contribution < 1.29 is 5.11 Å². The third kappa shape index (κ3) is 3.24. The standard InChI is InChI=1S/C14H21NO/c1-10(11(2)15-13-5-6-13)9-12-3-7-14(16)8-4-12/h3-4,7-8,10-11,13,15-16H,5-6,9H2,1-2H3. The normalized spacial score (nSPS) is 19.4. The molecule has 0 aromatic heterocycles. The number of aromatic hydroxyl groups is 1. The molecule has 1 fully saturated rings. The van der Waals surface area contributed by atoms with Crippen LogP contribution in [0.15, 0.2) is 24.3 Å². The first-order valence-electron chi connectivity index (χ1n) is 6.19. The Morgan fingerprint density at radius 2 is 1.88 bits per heavy atom. The lowest BCUT2D eigenvalue weighted by Crippen LogP contribution is -2.34. The maximum absolute atomic E-state index is 9.21. The van der Waals surface area contributed by atoms with Crippen LogP contribution in [0.25, 0.3) is 0 Å². The van der Waals surface area contributed by atoms with Crippen LogP contribution in [0.3, 0.4) is 0 Å². The fourth-order valence-electron chi connectivity index (χ4n) is 1.97. The van der Waals surface area contributed by atoms with Crippen LogP contribution in [0.2, 0.25) is 0 Å². The van der Waals surface area contributed by atoms with Gasteiger partial charge in [0.15, 0.2) is 0 Å². The van der Waals surface area contributed by atoms with Crippen molar-refractivity contribution in [3.8, 4) is 5.75 Å². The summed E-state index contributed by atoms with van der Waals surface area (Å²) in [4.78, 5) is 0. The maximum Gasteiger partial charge on any atom is 0.115 e. The zero-order valence-corrected chi connectivity index (χ0v) is 10.1. The highest BCUT2D eigenvalue weighted by Crippen LogP contribution is 2.22. The molecule has 88 valence electrons. The van der Waals surface area contributed by atoms with Crippen LogP contribution in [0.4, 0.5) is 0 Å². The van der Waals surface area contributed by atoms with Gasteiger partial charge in [0.1, 0.15) is 5.75 Å². The third-order valence-electron chi connectivity index (χ3n) is 3.42. The summed E-state index contributed by atoms with van der Waals surface area (Å²) < 4.78 is 0. The van der Waals surface area contributed by atoms with Gasteiger partial charge in [-0.3, -0.25) is 0 Å². The van der Waals surface area contributed by atoms with Crippen molar-refractivity contribution in [1.82, 2.24) is 5.32 Å². The zero-order valence-electron chi connectivity index (χ0n) is 10.1. The Bertz CT molecular complexity index is 329. The van der Waals surface area contributed by atoms with E-state index in [0.717, 1.165) is 12.5 Å². The number of rotatable bonds is 5. The highest BCUT2D eigenvalue weighted by atomic mass is 16.3. The van der Waals surface area contributed by atoms with E-state index in [4.69, 9.17) is 0 Å². The molecule has 2 nitrogen and oxygen atoms in total. The predicted molar refractivity (Wildman–Crippen MR) is 66.6 cm³/mol. The number of phenolic OH excluding ortho intramolecular Hbond substituents is 1. The molecule has 2 N–H and O–H groups in total. The van der Waals surface area contributed by atoms with Gasteiger partial charge in [0, 0.05) is 12.1 Å². The molecular weight excluding hydrogens is 198 g/mol. The molecule has 0 spiro atoms. The molecule has 16 heavy (non-hydrogen) atoms. The maximum atomic E-state index is 9.21. The molecule has 1 saturated carbocycles. The summed E-state index contributed by atoms with van der Waals surface area (Å²) >= 11 is 0. The van der Waals surface area contributed by atoms with E-state index in [1.165, 1.54) is 18.4 Å². The van der Waals surface area contributed by atoms with Gasteiger partial charge in [-0.05, 0) is 49.8 Å². The quantitative estimate of drug-likeness (QED) is 0.798. The summed E-state index contributed by atoms with van der Waals surface area (Å²) in [6.07, 6.45) is 3.76. The summed E-state index contributed by atoms with van der Waals surface area (Å²) in [5.41, 5.74) is 1.30. The third-order valence-corrected chi connectivity index (χ3v) is 3.42. The molecular formula is C14H21NO. The van der Waals surface area contributed by atoms with E-state index in [1.54, 1.807) is 12.1 Å². The van der Waals surface area contributed by atoms with E-state index in [9.17, 15) is 5.11 Å². The van der Waals surface area contributed by atoms with Crippen molar-refractivity contribution in [3.05, 3.63) is 29.8 Å². The monoisotopic (exact) mass is 219 g/mol. The van der Waals surface area contributed by atoms with Crippen molar-refractivity contribution in [3.63, 3.8) is 0 Å². The second-order valence-corrected chi connectivity index (χ2v) is 5.08. The molecule has 1 aliphatic rings. The van der Waals surface area contributed by atoms with E-state index in [0.29, 0.717) is 17.7 Å². The molecule has 0 radical (unpaired) electrons. The minimum Gasteiger partial charge on any atom is -0.508 e. The molecule has 0 heterocycles. The fourth-order valence-corrected chi connectivity index (χ4v) is 1.97. The molecule has 2 unspecified atom stereocenters. The number of hydrogen-bond acceptors (Lipinski definition) is 2. The lowest BCUT2D eigenvalue weighted by Gasteiger charge is -2.21. The van der Waals surface area contributed by atoms with Gasteiger partial charge in [0.2, 0.25) is 0 Å². The lowest BCUT2D eigenvalue weighted by atomic mass is 9.95. The van der Waals surface area contributed by atoms with Crippen LogP contribution in [-0.2, 0) is 6.42 Å². The largest absolute Gasteiger partial charge is 0.508 e. The molecule has 2 rings (SSSR count). The Morgan fingerprint density at radius 3 is 2.44 bits per heavy atom. The van der Waals surface area contributed by atoms with E-state index >= 15 is 0 Å². The minimum absolute atomic E-state index is 0.348. The number of phenols is 1. The van der Waals surface area contributed by atoms with Crippen molar-refractivity contribution in [2.45, 2.75) is 45.2 Å². The van der Waals surface area contributed by atoms with Gasteiger partial charge in [-0.1, -0.05) is 19.1 Å². The summed E-state index contributed by atoms with van der Waals surface area (Å²) in [5, 5.41) is 12.9. The van der Waals surface area contributed by atoms with Gasteiger partial charge in [-0.15, -0.1) is 0 Å². The van der Waals surface area contributed by atoms with Crippen molar-refractivity contribution in [2.24, 2.45) is 5.92 Å². The molecule has 1 aromatic rings. The minimum atomic E-state index is 0.348. The van der Waals surface area contributed by atoms with E-state index < -0.39 is 0 Å². The number of benzene rings is 1. The van der Waals surface area contributed by atoms with Crippen LogP contribution in [0.1, 0.15) is 32.3 Å². The SMILES string of the molecule is CC(Cc1ccc(O)cc1)C(C)NC1CC1. The molecule has 0 aliphatic heterocycles. The van der Waals surface area contributed by atoms with Gasteiger partial charge in [-0.2, -0.15) is 0 Å². The zero-order chi connectivity index (χ0) is 11.5. The smallest absolute Gasteiger partial charge is 0.115 e. The Morgan fingerprint density at radius 1 is 1.25 bits per heavy atom. The van der Waals surface area contributed by atoms with Gasteiger partial charge < -0.3 is 10.4 Å². The summed E-state index contributed by atoms with van der Waals surface area (Å²) in [5.74, 6) is 0.977. The van der Waals surface area contributed by atoms with Crippen LogP contribution < -0.4 is 5.32 Å². The van der Waals surface area contributed by atoms with Gasteiger partial charge >= 0.3 is 0 Å². The first kappa shape index (κ1) is 11.5. The lowest BCUT2D eigenvalue weighted by molar-refractivity contribution is 0.395. The fraction of sp³-hybridized carbons (Fsp3) is 0.571. The van der Waals surface area contributed by atoms with E-state index in [-0.39, 0.29) is 0 Å². The topological polar surface area (TPSA) is 32.3 Å². The first-order chi connectivity index (χ1) is 7.65. The Labute approximate surface area is 97.7 Å². The molecule has 2 heteroatoms. The van der Waals surface area contributed by atoms with Crippen molar-refractivity contribution >= 4 is 0 Å². The average Bonchev–Trinajstić information content (AvgIpc) is 3.05. The molecule has 2 atom stereocenters. The number of nitrogens with one attached hydrogen (secondary N) is 1. The first-order valence-corrected chi connectivity index (χ1v) is 6.19. The van der Waals surface area contributed by atoms with Gasteiger partial charge in [-0.25, -0.2) is 0 Å². The van der Waals surface area contributed by atoms with Crippen LogP contribution in [-0.4, -0.2) is 17.2 Å². The molecule has 1 aromatic carbocycles. The summed E-state index contributed by atoms with van der Waals surface area (Å²) in [6, 6.07) is 8.89. The van der Waals surface area contributed by atoms with Crippen molar-refractivity contribution in [1.29, 1.82) is 0 Å². The summed E-state index contributed by atoms with van der Waals surface area (Å²) in [7, 11) is 0. The van der Waals surface area contributed by atoms with Crippen molar-refractivity contribution in [2.75, 3.05) is 0 Å². The average molecular weight is 219 g/mol. The van der Waals surface area contributed by atoms with Crippen LogP contribution in [0, 0.1) is 5.92 Å². The molecule has 1 aliphatic carbocycles. The van der Waals surface area contributed by atoms with Crippen LogP contribution in [0.5, 0.6) is 5.75 Å². The van der Waals surface area contributed by atoms with Crippen LogP contribution >= 0.6 is 0 Å². The Balaban J connectivity index is 1.85. The van der Waals surface area contributed by atoms with Gasteiger partial charge in [0.05, 0.1) is 0 Å². The second-order valence-electron chi connectivity index (χ2n) is 5.08. The highest BCUT2D eigenvalue weighted by molar-refractivity contribution is 5.26. The second kappa shape index (κ2) is 4.88. The molecule has 0 amide bonds. The van der Waals surface area contributed by atoms with E-state index in [2.05, 4.69) is 19.2 Å². The highest BCUT2D eigenvalue weighted by Gasteiger charge is 2.24. The Kier molecular flexibility index (Phi) is 3.49.